The SMILES string of the molecule is COc1cc(C(=O)O[C@H](C)C(=O)c2[nH]c(C)c(C(C)=O)c2C)ccc1OC(F)F. The van der Waals surface area contributed by atoms with Crippen molar-refractivity contribution in [2.75, 3.05) is 7.11 Å². The second-order valence-electron chi connectivity index (χ2n) is 6.34. The summed E-state index contributed by atoms with van der Waals surface area (Å²) in [6, 6.07) is 3.54. The number of nitrogens with one attached hydrogen (secondary N) is 1. The van der Waals surface area contributed by atoms with Crippen LogP contribution in [0.5, 0.6) is 11.5 Å². The van der Waals surface area contributed by atoms with E-state index < -0.39 is 24.5 Å². The van der Waals surface area contributed by atoms with Gasteiger partial charge in [0.25, 0.3) is 0 Å². The third-order valence-corrected chi connectivity index (χ3v) is 4.30. The number of Topliss-reactive ketones (excluding diaryl/α,β-unsaturated/α-hetero) is 2. The molecule has 0 aliphatic carbocycles. The number of H-pyrrole nitrogens is 1. The number of hydrogen-bond acceptors (Lipinski definition) is 6. The van der Waals surface area contributed by atoms with Crippen LogP contribution >= 0.6 is 0 Å². The Labute approximate surface area is 166 Å². The van der Waals surface area contributed by atoms with Crippen LogP contribution in [0.25, 0.3) is 0 Å². The van der Waals surface area contributed by atoms with Gasteiger partial charge in [-0.05, 0) is 51.5 Å². The highest BCUT2D eigenvalue weighted by molar-refractivity contribution is 6.05. The van der Waals surface area contributed by atoms with E-state index in [1.54, 1.807) is 13.8 Å². The van der Waals surface area contributed by atoms with Gasteiger partial charge in [-0.15, -0.1) is 0 Å². The van der Waals surface area contributed by atoms with E-state index in [1.807, 2.05) is 0 Å². The number of aryl methyl sites for hydroxylation is 1. The molecule has 1 aromatic heterocycles. The molecule has 156 valence electrons. The molecule has 29 heavy (non-hydrogen) atoms. The Hall–Kier alpha value is -3.23. The van der Waals surface area contributed by atoms with Crippen LogP contribution in [0.1, 0.15) is 56.3 Å². The fourth-order valence-corrected chi connectivity index (χ4v) is 3.00. The van der Waals surface area contributed by atoms with Crippen molar-refractivity contribution >= 4 is 17.5 Å². The number of rotatable bonds is 8. The molecule has 0 aliphatic rings. The van der Waals surface area contributed by atoms with Crippen molar-refractivity contribution in [2.45, 2.75) is 40.4 Å². The molecule has 0 bridgehead atoms. The highest BCUT2D eigenvalue weighted by Gasteiger charge is 2.26. The minimum atomic E-state index is -3.05. The Kier molecular flexibility index (Phi) is 6.73. The van der Waals surface area contributed by atoms with Crippen LogP contribution in [0.15, 0.2) is 18.2 Å². The third kappa shape index (κ3) is 4.79. The summed E-state index contributed by atoms with van der Waals surface area (Å²) >= 11 is 0. The quantitative estimate of drug-likeness (QED) is 0.525. The van der Waals surface area contributed by atoms with E-state index in [1.165, 1.54) is 33.1 Å². The second-order valence-corrected chi connectivity index (χ2v) is 6.34. The lowest BCUT2D eigenvalue weighted by Crippen LogP contribution is -2.25. The summed E-state index contributed by atoms with van der Waals surface area (Å²) in [5.74, 6) is -1.85. The van der Waals surface area contributed by atoms with Crippen molar-refractivity contribution in [1.29, 1.82) is 0 Å². The molecule has 0 radical (unpaired) electrons. The summed E-state index contributed by atoms with van der Waals surface area (Å²) < 4.78 is 39.2. The van der Waals surface area contributed by atoms with Crippen LogP contribution in [0.2, 0.25) is 0 Å². The van der Waals surface area contributed by atoms with Crippen molar-refractivity contribution < 1.29 is 37.4 Å². The van der Waals surface area contributed by atoms with E-state index in [-0.39, 0.29) is 28.5 Å². The maximum absolute atomic E-state index is 12.7. The third-order valence-electron chi connectivity index (χ3n) is 4.30. The first kappa shape index (κ1) is 22.1. The number of esters is 1. The second kappa shape index (κ2) is 8.85. The van der Waals surface area contributed by atoms with E-state index in [9.17, 15) is 23.2 Å². The number of methoxy groups -OCH3 is 1. The number of aromatic amines is 1. The molecule has 1 heterocycles. The van der Waals surface area contributed by atoms with Crippen LogP contribution < -0.4 is 9.47 Å². The molecule has 0 unspecified atom stereocenters. The summed E-state index contributed by atoms with van der Waals surface area (Å²) in [4.78, 5) is 39.6. The molecule has 1 atom stereocenters. The fourth-order valence-electron chi connectivity index (χ4n) is 3.00. The summed E-state index contributed by atoms with van der Waals surface area (Å²) in [7, 11) is 1.23. The van der Waals surface area contributed by atoms with Gasteiger partial charge in [-0.2, -0.15) is 8.78 Å². The maximum atomic E-state index is 12.7. The molecular formula is C20H21F2NO6. The van der Waals surface area contributed by atoms with Gasteiger partial charge in [0, 0.05) is 11.3 Å². The van der Waals surface area contributed by atoms with Gasteiger partial charge in [-0.25, -0.2) is 4.79 Å². The number of aromatic nitrogens is 1. The maximum Gasteiger partial charge on any atom is 0.387 e. The van der Waals surface area contributed by atoms with Crippen LogP contribution in [0.4, 0.5) is 8.78 Å². The highest BCUT2D eigenvalue weighted by atomic mass is 19.3. The number of benzene rings is 1. The molecule has 7 nitrogen and oxygen atoms in total. The van der Waals surface area contributed by atoms with E-state index in [0.29, 0.717) is 16.8 Å². The summed E-state index contributed by atoms with van der Waals surface area (Å²) in [6.07, 6.45) is -1.15. The zero-order chi connectivity index (χ0) is 21.9. The molecule has 1 N–H and O–H groups in total. The first-order valence-electron chi connectivity index (χ1n) is 8.64. The largest absolute Gasteiger partial charge is 0.493 e. The molecule has 9 heteroatoms. The Morgan fingerprint density at radius 2 is 1.76 bits per heavy atom. The van der Waals surface area contributed by atoms with Gasteiger partial charge < -0.3 is 19.2 Å². The molecular weight excluding hydrogens is 388 g/mol. The molecule has 0 spiro atoms. The highest BCUT2D eigenvalue weighted by Crippen LogP contribution is 2.30. The fraction of sp³-hybridized carbons (Fsp3) is 0.350. The Morgan fingerprint density at radius 3 is 2.28 bits per heavy atom. The summed E-state index contributed by atoms with van der Waals surface area (Å²) in [6.45, 7) is 3.05. The number of carbonyl (C=O) groups excluding carboxylic acids is 3. The normalized spacial score (nSPS) is 11.9. The standard InChI is InChI=1S/C20H21F2NO6/c1-9-16(11(3)24)10(2)23-17(9)18(25)12(4)28-19(26)13-6-7-14(29-20(21)22)15(8-13)27-5/h6-8,12,20,23H,1-5H3/t12-/m1/s1. The average Bonchev–Trinajstić information content (AvgIpc) is 2.94. The van der Waals surface area contributed by atoms with Crippen LogP contribution in [-0.2, 0) is 4.74 Å². The van der Waals surface area contributed by atoms with E-state index in [2.05, 4.69) is 9.72 Å². The van der Waals surface area contributed by atoms with Gasteiger partial charge in [-0.1, -0.05) is 0 Å². The van der Waals surface area contributed by atoms with E-state index in [0.717, 1.165) is 6.07 Å². The van der Waals surface area contributed by atoms with Gasteiger partial charge in [0.05, 0.1) is 18.4 Å². The van der Waals surface area contributed by atoms with Crippen molar-refractivity contribution in [3.05, 3.63) is 46.3 Å². The predicted octanol–water partition coefficient (Wildman–Crippen LogP) is 3.87. The number of carbonyl (C=O) groups is 3. The van der Waals surface area contributed by atoms with Gasteiger partial charge in [0.2, 0.25) is 5.78 Å². The number of hydrogen-bond donors (Lipinski definition) is 1. The van der Waals surface area contributed by atoms with Crippen molar-refractivity contribution in [1.82, 2.24) is 4.98 Å². The van der Waals surface area contributed by atoms with Gasteiger partial charge in [0.1, 0.15) is 0 Å². The average molecular weight is 409 g/mol. The molecule has 0 fully saturated rings. The summed E-state index contributed by atoms with van der Waals surface area (Å²) in [5, 5.41) is 0. The lowest BCUT2D eigenvalue weighted by molar-refractivity contribution is -0.0512. The van der Waals surface area contributed by atoms with Crippen LogP contribution in [0.3, 0.4) is 0 Å². The Balaban J connectivity index is 2.19. The number of halogens is 2. The zero-order valence-electron chi connectivity index (χ0n) is 16.6. The minimum Gasteiger partial charge on any atom is -0.493 e. The molecule has 2 aromatic rings. The first-order valence-corrected chi connectivity index (χ1v) is 8.64. The number of ether oxygens (including phenoxy) is 3. The molecule has 1 aromatic carbocycles. The van der Waals surface area contributed by atoms with Gasteiger partial charge >= 0.3 is 12.6 Å². The van der Waals surface area contributed by atoms with E-state index >= 15 is 0 Å². The van der Waals surface area contributed by atoms with E-state index in [4.69, 9.17) is 9.47 Å². The van der Waals surface area contributed by atoms with Crippen molar-refractivity contribution in [3.63, 3.8) is 0 Å². The zero-order valence-corrected chi connectivity index (χ0v) is 16.6. The molecule has 0 saturated carbocycles. The molecule has 0 amide bonds. The number of ketones is 2. The van der Waals surface area contributed by atoms with Crippen LogP contribution in [-0.4, -0.2) is 42.3 Å². The van der Waals surface area contributed by atoms with Crippen molar-refractivity contribution in [2.24, 2.45) is 0 Å². The first-order chi connectivity index (χ1) is 13.6. The molecule has 0 saturated heterocycles. The van der Waals surface area contributed by atoms with Crippen molar-refractivity contribution in [3.8, 4) is 11.5 Å². The lowest BCUT2D eigenvalue weighted by atomic mass is 10.0. The van der Waals surface area contributed by atoms with Gasteiger partial charge in [0.15, 0.2) is 23.4 Å². The lowest BCUT2D eigenvalue weighted by Gasteiger charge is -2.14. The van der Waals surface area contributed by atoms with Crippen LogP contribution in [0, 0.1) is 13.8 Å². The van der Waals surface area contributed by atoms with Gasteiger partial charge in [-0.3, -0.25) is 9.59 Å². The topological polar surface area (TPSA) is 94.7 Å². The summed E-state index contributed by atoms with van der Waals surface area (Å²) in [5.41, 5.74) is 1.64. The molecule has 2 rings (SSSR count). The monoisotopic (exact) mass is 409 g/mol. The smallest absolute Gasteiger partial charge is 0.387 e. The Bertz CT molecular complexity index is 951. The Morgan fingerprint density at radius 1 is 1.10 bits per heavy atom. The number of alkyl halides is 2. The molecule has 0 aliphatic heterocycles. The minimum absolute atomic E-state index is 0.00747. The predicted molar refractivity (Wildman–Crippen MR) is 99.1 cm³/mol.